The number of aliphatic imine (C=N–C) groups is 1. The van der Waals surface area contributed by atoms with E-state index < -0.39 is 18.9 Å². The molecule has 0 N–H and O–H groups in total. The summed E-state index contributed by atoms with van der Waals surface area (Å²) < 4.78 is 55.6. The van der Waals surface area contributed by atoms with Gasteiger partial charge in [0.05, 0.1) is 0 Å². The van der Waals surface area contributed by atoms with Crippen molar-refractivity contribution in [3.63, 3.8) is 0 Å². The van der Waals surface area contributed by atoms with Crippen LogP contribution in [-0.2, 0) is 10.7 Å². The van der Waals surface area contributed by atoms with Crippen LogP contribution in [0.1, 0.15) is 5.56 Å². The molecular weight excluding hydrogens is 470 g/mol. The van der Waals surface area contributed by atoms with Crippen molar-refractivity contribution in [3.8, 4) is 5.75 Å². The molecule has 0 aliphatic carbocycles. The van der Waals surface area contributed by atoms with E-state index in [9.17, 15) is 13.2 Å². The van der Waals surface area contributed by atoms with E-state index in [-0.39, 0.29) is 11.8 Å². The molecule has 35 heavy (non-hydrogen) atoms. The molecule has 4 aromatic rings. The molecule has 1 aliphatic rings. The van der Waals surface area contributed by atoms with Crippen molar-refractivity contribution < 1.29 is 22.4 Å². The maximum absolute atomic E-state index is 14.6. The molecule has 178 valence electrons. The summed E-state index contributed by atoms with van der Waals surface area (Å²) in [4.78, 5) is 4.06. The molecule has 1 heterocycles. The molecule has 7 heteroatoms. The number of ether oxygens (including phenoxy) is 1. The molecule has 0 fully saturated rings. The monoisotopic (exact) mass is 493 g/mol. The number of fused-ring (bicyclic) bond motifs is 1. The van der Waals surface area contributed by atoms with E-state index in [0.29, 0.717) is 27.2 Å². The summed E-state index contributed by atoms with van der Waals surface area (Å²) in [5.74, 6) is -0.839. The van der Waals surface area contributed by atoms with Crippen LogP contribution in [0.5, 0.6) is 5.75 Å². The van der Waals surface area contributed by atoms with E-state index in [0.717, 1.165) is 0 Å². The van der Waals surface area contributed by atoms with Crippen molar-refractivity contribution in [2.24, 2.45) is 4.99 Å². The van der Waals surface area contributed by atoms with E-state index in [1.807, 2.05) is 91.0 Å². The first-order chi connectivity index (χ1) is 16.9. The van der Waals surface area contributed by atoms with Crippen LogP contribution in [0, 0.1) is 0 Å². The van der Waals surface area contributed by atoms with E-state index >= 15 is 0 Å². The molecule has 0 aromatic heterocycles. The van der Waals surface area contributed by atoms with Gasteiger partial charge in [-0.25, -0.2) is 0 Å². The summed E-state index contributed by atoms with van der Waals surface area (Å²) >= 11 is 0. The van der Waals surface area contributed by atoms with Gasteiger partial charge in [-0.2, -0.15) is 0 Å². The Morgan fingerprint density at radius 2 is 1.23 bits per heavy atom. The summed E-state index contributed by atoms with van der Waals surface area (Å²) in [7, 11) is 1.47. The van der Waals surface area contributed by atoms with Crippen LogP contribution in [0.4, 0.5) is 18.9 Å². The first-order valence-electron chi connectivity index (χ1n) is 11.1. The number of alkyl halides is 3. The van der Waals surface area contributed by atoms with Crippen LogP contribution in [0.25, 0.3) is 0 Å². The summed E-state index contributed by atoms with van der Waals surface area (Å²) in [6.07, 6.45) is -4.61. The first-order valence-corrected chi connectivity index (χ1v) is 13.4. The fourth-order valence-electron chi connectivity index (χ4n) is 4.81. The number of rotatable bonds is 4. The summed E-state index contributed by atoms with van der Waals surface area (Å²) in [5, 5.41) is 2.07. The van der Waals surface area contributed by atoms with Gasteiger partial charge < -0.3 is 0 Å². The number of hydrogen-bond donors (Lipinski definition) is 0. The third-order valence-corrected chi connectivity index (χ3v) is 12.1. The van der Waals surface area contributed by atoms with Crippen molar-refractivity contribution in [2.75, 3.05) is 7.11 Å². The third kappa shape index (κ3) is 3.69. The van der Waals surface area contributed by atoms with Gasteiger partial charge >= 0.3 is 202 Å². The fourth-order valence-corrected chi connectivity index (χ4v) is 10.5. The molecule has 5 rings (SSSR count). The molecule has 0 saturated heterocycles. The van der Waals surface area contributed by atoms with Gasteiger partial charge in [-0.05, 0) is 0 Å². The zero-order valence-corrected chi connectivity index (χ0v) is 19.8. The van der Waals surface area contributed by atoms with E-state index in [4.69, 9.17) is 9.26 Å². The minimum absolute atomic E-state index is 0.186. The van der Waals surface area contributed by atoms with Crippen LogP contribution in [0.15, 0.2) is 114 Å². The zero-order chi connectivity index (χ0) is 24.5. The molecule has 0 spiro atoms. The summed E-state index contributed by atoms with van der Waals surface area (Å²) in [6.45, 7) is -4.28. The van der Waals surface area contributed by atoms with Crippen molar-refractivity contribution >= 4 is 34.3 Å². The molecular formula is C28H23F3NO2P. The molecule has 1 aliphatic heterocycles. The molecule has 3 nitrogen and oxygen atoms in total. The number of halogens is 3. The van der Waals surface area contributed by atoms with Gasteiger partial charge in [0.25, 0.3) is 0 Å². The van der Waals surface area contributed by atoms with Gasteiger partial charge in [0.2, 0.25) is 0 Å². The molecule has 0 amide bonds. The molecule has 0 atom stereocenters. The normalized spacial score (nSPS) is 17.5. The van der Waals surface area contributed by atoms with Gasteiger partial charge in [-0.1, -0.05) is 0 Å². The predicted octanol–water partition coefficient (Wildman–Crippen LogP) is 6.26. The second-order valence-corrected chi connectivity index (χ2v) is 12.9. The van der Waals surface area contributed by atoms with Gasteiger partial charge in [0, 0.05) is 0 Å². The van der Waals surface area contributed by atoms with Crippen LogP contribution < -0.4 is 20.7 Å². The topological polar surface area (TPSA) is 30.8 Å². The van der Waals surface area contributed by atoms with Crippen molar-refractivity contribution in [1.82, 2.24) is 0 Å². The van der Waals surface area contributed by atoms with Crippen molar-refractivity contribution in [3.05, 3.63) is 115 Å². The minimum atomic E-state index is -4.81. The quantitative estimate of drug-likeness (QED) is 0.314. The summed E-state index contributed by atoms with van der Waals surface area (Å²) in [5.41, 5.74) is 0.838. The van der Waals surface area contributed by atoms with Crippen molar-refractivity contribution in [2.45, 2.75) is 12.3 Å². The number of hydrogen-bond acceptors (Lipinski definition) is 3. The SMILES string of the molecule is COc1ccc2c(c1)N=C(C(F)(F)F)OP(c1ccccc1)(c1ccccc1)(c1ccccc1)C2. The van der Waals surface area contributed by atoms with Crippen LogP contribution in [-0.4, -0.2) is 19.2 Å². The second-order valence-electron chi connectivity index (χ2n) is 8.38. The first kappa shape index (κ1) is 23.1. The standard InChI is InChI=1S/C28H23F3NO2P/c1-33-22-18-17-21-20-35(23-11-5-2-6-12-23,24-13-7-3-8-14-24,25-15-9-4-10-16-25)34-27(28(29,30)31)32-26(21)19-22/h2-19H,20H2,1H3. The van der Waals surface area contributed by atoms with Crippen LogP contribution in [0.2, 0.25) is 0 Å². The Kier molecular flexibility index (Phi) is 5.65. The number of nitrogens with zero attached hydrogens (tertiary/aromatic N) is 1. The zero-order valence-electron chi connectivity index (χ0n) is 18.9. The molecule has 0 bridgehead atoms. The molecule has 0 unspecified atom stereocenters. The third-order valence-electron chi connectivity index (χ3n) is 6.42. The maximum atomic E-state index is 14.6. The Labute approximate surface area is 201 Å². The predicted molar refractivity (Wildman–Crippen MR) is 136 cm³/mol. The Bertz CT molecular complexity index is 1270. The Balaban J connectivity index is 1.99. The van der Waals surface area contributed by atoms with Gasteiger partial charge in [-0.3, -0.25) is 0 Å². The average molecular weight is 493 g/mol. The van der Waals surface area contributed by atoms with E-state index in [2.05, 4.69) is 4.99 Å². The molecule has 0 radical (unpaired) electrons. The summed E-state index contributed by atoms with van der Waals surface area (Å²) in [6, 6.07) is 32.8. The van der Waals surface area contributed by atoms with Crippen LogP contribution in [0.3, 0.4) is 0 Å². The molecule has 0 saturated carbocycles. The second kappa shape index (κ2) is 8.54. The average Bonchev–Trinajstić information content (AvgIpc) is 3.06. The van der Waals surface area contributed by atoms with E-state index in [1.54, 1.807) is 12.1 Å². The Hall–Kier alpha value is -3.63. The molecule has 4 aromatic carbocycles. The number of benzene rings is 4. The number of methoxy groups -OCH3 is 1. The Morgan fingerprint density at radius 3 is 1.66 bits per heavy atom. The van der Waals surface area contributed by atoms with Gasteiger partial charge in [-0.15, -0.1) is 0 Å². The Morgan fingerprint density at radius 1 is 0.743 bits per heavy atom. The fraction of sp³-hybridized carbons (Fsp3) is 0.107. The van der Waals surface area contributed by atoms with Crippen LogP contribution >= 0.6 is 6.83 Å². The van der Waals surface area contributed by atoms with Crippen molar-refractivity contribution in [1.29, 1.82) is 0 Å². The van der Waals surface area contributed by atoms with E-state index in [1.165, 1.54) is 13.2 Å². The van der Waals surface area contributed by atoms with Gasteiger partial charge in [0.1, 0.15) is 0 Å². The van der Waals surface area contributed by atoms with Gasteiger partial charge in [0.15, 0.2) is 0 Å².